The maximum absolute atomic E-state index is 11.7. The molecule has 5 atom stereocenters. The minimum atomic E-state index is -1.53. The summed E-state index contributed by atoms with van der Waals surface area (Å²) < 4.78 is 16.0. The molecule has 134 valence electrons. The third-order valence-corrected chi connectivity index (χ3v) is 3.90. The number of ether oxygens (including phenoxy) is 3. The summed E-state index contributed by atoms with van der Waals surface area (Å²) in [6, 6.07) is 4.54. The Morgan fingerprint density at radius 3 is 2.46 bits per heavy atom. The van der Waals surface area contributed by atoms with Crippen LogP contribution in [0, 0.1) is 0 Å². The number of benzene rings is 1. The first kappa shape index (κ1) is 18.6. The van der Waals surface area contributed by atoms with E-state index in [1.54, 1.807) is 13.0 Å². The number of aliphatic hydroxyl groups excluding tert-OH is 4. The zero-order valence-corrected chi connectivity index (χ0v) is 13.5. The highest BCUT2D eigenvalue weighted by atomic mass is 16.7. The molecule has 1 heterocycles. The molecule has 1 aliphatic heterocycles. The summed E-state index contributed by atoms with van der Waals surface area (Å²) in [4.78, 5) is 11.7. The van der Waals surface area contributed by atoms with Crippen LogP contribution in [-0.4, -0.2) is 70.6 Å². The van der Waals surface area contributed by atoms with Crippen LogP contribution < -0.4 is 9.47 Å². The van der Waals surface area contributed by atoms with Crippen LogP contribution in [0.15, 0.2) is 18.2 Å². The minimum absolute atomic E-state index is 0.0623. The van der Waals surface area contributed by atoms with Crippen molar-refractivity contribution in [2.75, 3.05) is 13.7 Å². The van der Waals surface area contributed by atoms with Crippen molar-refractivity contribution in [2.24, 2.45) is 0 Å². The molecule has 0 aliphatic carbocycles. The second-order valence-electron chi connectivity index (χ2n) is 5.46. The largest absolute Gasteiger partial charge is 0.493 e. The van der Waals surface area contributed by atoms with Gasteiger partial charge in [0.2, 0.25) is 6.29 Å². The van der Waals surface area contributed by atoms with E-state index in [0.29, 0.717) is 12.0 Å². The van der Waals surface area contributed by atoms with E-state index >= 15 is 0 Å². The lowest BCUT2D eigenvalue weighted by molar-refractivity contribution is -0.277. The van der Waals surface area contributed by atoms with Gasteiger partial charge in [0.1, 0.15) is 24.4 Å². The van der Waals surface area contributed by atoms with Gasteiger partial charge in [0.05, 0.1) is 13.7 Å². The summed E-state index contributed by atoms with van der Waals surface area (Å²) in [6.07, 6.45) is -6.56. The van der Waals surface area contributed by atoms with Gasteiger partial charge in [-0.15, -0.1) is 0 Å². The molecule has 1 fully saturated rings. The number of rotatable bonds is 6. The van der Waals surface area contributed by atoms with E-state index in [1.807, 2.05) is 0 Å². The lowest BCUT2D eigenvalue weighted by Gasteiger charge is -2.39. The summed E-state index contributed by atoms with van der Waals surface area (Å²) in [5.74, 6) is 0.383. The molecule has 0 bridgehead atoms. The van der Waals surface area contributed by atoms with Crippen molar-refractivity contribution in [2.45, 2.75) is 44.1 Å². The molecule has 1 aromatic carbocycles. The predicted molar refractivity (Wildman–Crippen MR) is 82.0 cm³/mol. The Hall–Kier alpha value is -1.71. The second-order valence-corrected chi connectivity index (χ2v) is 5.46. The van der Waals surface area contributed by atoms with Crippen LogP contribution in [0.2, 0.25) is 0 Å². The molecule has 0 saturated carbocycles. The fourth-order valence-corrected chi connectivity index (χ4v) is 2.43. The van der Waals surface area contributed by atoms with Crippen molar-refractivity contribution >= 4 is 5.78 Å². The third kappa shape index (κ3) is 3.68. The fourth-order valence-electron chi connectivity index (χ4n) is 2.43. The number of hydrogen-bond donors (Lipinski definition) is 4. The smallest absolute Gasteiger partial charge is 0.229 e. The van der Waals surface area contributed by atoms with E-state index in [4.69, 9.17) is 14.2 Å². The molecule has 0 unspecified atom stereocenters. The third-order valence-electron chi connectivity index (χ3n) is 3.90. The zero-order chi connectivity index (χ0) is 17.9. The number of ketones is 1. The molecule has 1 aromatic rings. The maximum atomic E-state index is 11.7. The Balaban J connectivity index is 2.21. The first-order chi connectivity index (χ1) is 11.4. The van der Waals surface area contributed by atoms with E-state index in [1.165, 1.54) is 19.2 Å². The van der Waals surface area contributed by atoms with Crippen LogP contribution in [0.4, 0.5) is 0 Å². The standard InChI is InChI=1S/C16H22O8/c1-3-9(18)8-4-5-10(11(6-8)22-2)23-16-15(21)14(20)13(19)12(7-17)24-16/h4-6,12-17,19-21H,3,7H2,1-2H3/t12-,13+,14-,15+,16-/m0/s1. The molecule has 0 aromatic heterocycles. The monoisotopic (exact) mass is 342 g/mol. The Morgan fingerprint density at radius 2 is 1.88 bits per heavy atom. The number of methoxy groups -OCH3 is 1. The summed E-state index contributed by atoms with van der Waals surface area (Å²) in [7, 11) is 1.40. The summed E-state index contributed by atoms with van der Waals surface area (Å²) in [5, 5.41) is 38.7. The molecule has 0 spiro atoms. The average molecular weight is 342 g/mol. The predicted octanol–water partition coefficient (Wildman–Crippen LogP) is -0.533. The fraction of sp³-hybridized carbons (Fsp3) is 0.562. The van der Waals surface area contributed by atoms with Gasteiger partial charge in [-0.05, 0) is 18.2 Å². The van der Waals surface area contributed by atoms with Crippen molar-refractivity contribution in [1.82, 2.24) is 0 Å². The first-order valence-electron chi connectivity index (χ1n) is 7.61. The molecule has 0 amide bonds. The van der Waals surface area contributed by atoms with Gasteiger partial charge < -0.3 is 34.6 Å². The van der Waals surface area contributed by atoms with Gasteiger partial charge in [-0.3, -0.25) is 4.79 Å². The van der Waals surface area contributed by atoms with Gasteiger partial charge in [0.25, 0.3) is 0 Å². The van der Waals surface area contributed by atoms with Gasteiger partial charge in [0.15, 0.2) is 17.3 Å². The number of carbonyl (C=O) groups excluding carboxylic acids is 1. The highest BCUT2D eigenvalue weighted by Gasteiger charge is 2.44. The zero-order valence-electron chi connectivity index (χ0n) is 13.5. The molecule has 24 heavy (non-hydrogen) atoms. The maximum Gasteiger partial charge on any atom is 0.229 e. The Bertz CT molecular complexity index is 573. The Kier molecular flexibility index (Phi) is 6.14. The minimum Gasteiger partial charge on any atom is -0.493 e. The SMILES string of the molecule is CCC(=O)c1ccc(O[C@H]2O[C@@H](CO)[C@@H](O)[C@H](O)[C@H]2O)c(OC)c1. The molecule has 0 radical (unpaired) electrons. The summed E-state index contributed by atoms with van der Waals surface area (Å²) >= 11 is 0. The topological polar surface area (TPSA) is 126 Å². The van der Waals surface area contributed by atoms with E-state index in [0.717, 1.165) is 0 Å². The molecule has 1 aliphatic rings. The highest BCUT2D eigenvalue weighted by molar-refractivity contribution is 5.96. The van der Waals surface area contributed by atoms with Crippen LogP contribution in [0.3, 0.4) is 0 Å². The van der Waals surface area contributed by atoms with Crippen LogP contribution >= 0.6 is 0 Å². The van der Waals surface area contributed by atoms with Crippen molar-refractivity contribution in [3.8, 4) is 11.5 Å². The van der Waals surface area contributed by atoms with Crippen molar-refractivity contribution in [3.05, 3.63) is 23.8 Å². The molecule has 8 nitrogen and oxygen atoms in total. The normalized spacial score (nSPS) is 30.0. The van der Waals surface area contributed by atoms with Gasteiger partial charge in [-0.2, -0.15) is 0 Å². The number of aliphatic hydroxyl groups is 4. The van der Waals surface area contributed by atoms with Crippen molar-refractivity contribution in [1.29, 1.82) is 0 Å². The summed E-state index contributed by atoms with van der Waals surface area (Å²) in [5.41, 5.74) is 0.454. The van der Waals surface area contributed by atoms with Gasteiger partial charge in [-0.25, -0.2) is 0 Å². The van der Waals surface area contributed by atoms with E-state index in [-0.39, 0.29) is 17.3 Å². The lowest BCUT2D eigenvalue weighted by atomic mass is 9.99. The van der Waals surface area contributed by atoms with Gasteiger partial charge in [0, 0.05) is 12.0 Å². The van der Waals surface area contributed by atoms with Crippen molar-refractivity contribution < 1.29 is 39.4 Å². The van der Waals surface area contributed by atoms with Gasteiger partial charge in [-0.1, -0.05) is 6.92 Å². The summed E-state index contributed by atoms with van der Waals surface area (Å²) in [6.45, 7) is 1.19. The average Bonchev–Trinajstić information content (AvgIpc) is 2.61. The van der Waals surface area contributed by atoms with E-state index < -0.39 is 37.3 Å². The van der Waals surface area contributed by atoms with E-state index in [2.05, 4.69) is 0 Å². The van der Waals surface area contributed by atoms with Crippen LogP contribution in [-0.2, 0) is 4.74 Å². The Labute approximate surface area is 139 Å². The molecule has 8 heteroatoms. The van der Waals surface area contributed by atoms with Crippen LogP contribution in [0.25, 0.3) is 0 Å². The quantitative estimate of drug-likeness (QED) is 0.508. The van der Waals surface area contributed by atoms with E-state index in [9.17, 15) is 25.2 Å². The molecular weight excluding hydrogens is 320 g/mol. The van der Waals surface area contributed by atoms with Crippen LogP contribution in [0.1, 0.15) is 23.7 Å². The Morgan fingerprint density at radius 1 is 1.17 bits per heavy atom. The number of hydrogen-bond acceptors (Lipinski definition) is 8. The first-order valence-corrected chi connectivity index (χ1v) is 7.61. The molecular formula is C16H22O8. The van der Waals surface area contributed by atoms with Gasteiger partial charge >= 0.3 is 0 Å². The molecule has 1 saturated heterocycles. The second kappa shape index (κ2) is 7.91. The van der Waals surface area contributed by atoms with Crippen LogP contribution in [0.5, 0.6) is 11.5 Å². The molecule has 4 N–H and O–H groups in total. The number of Topliss-reactive ketones (excluding diaryl/α,β-unsaturated/α-hetero) is 1. The molecule has 2 rings (SSSR count). The lowest BCUT2D eigenvalue weighted by Crippen LogP contribution is -2.60. The van der Waals surface area contributed by atoms with Crippen molar-refractivity contribution in [3.63, 3.8) is 0 Å². The number of carbonyl (C=O) groups is 1. The highest BCUT2D eigenvalue weighted by Crippen LogP contribution is 2.32.